The quantitative estimate of drug-likeness (QED) is 0.562. The van der Waals surface area contributed by atoms with E-state index in [1.54, 1.807) is 0 Å². The molecule has 2 aliphatic carbocycles. The third-order valence-corrected chi connectivity index (χ3v) is 2.41. The summed E-state index contributed by atoms with van der Waals surface area (Å²) >= 11 is 0. The first kappa shape index (κ1) is 8.31. The smallest absolute Gasteiger partial charge is 0.0228 e. The van der Waals surface area contributed by atoms with E-state index in [-0.39, 0.29) is 0 Å². The molecule has 0 unspecified atom stereocenters. The van der Waals surface area contributed by atoms with Gasteiger partial charge in [-0.05, 0) is 30.4 Å². The van der Waals surface area contributed by atoms with Crippen LogP contribution in [-0.2, 0) is 0 Å². The normalized spacial score (nSPS) is 20.9. The average Bonchev–Trinajstić information content (AvgIpc) is 2.55. The third kappa shape index (κ3) is 2.09. The fourth-order valence-corrected chi connectivity index (χ4v) is 1.71. The highest BCUT2D eigenvalue weighted by Gasteiger charge is 2.06. The Morgan fingerprint density at radius 1 is 0.923 bits per heavy atom. The van der Waals surface area contributed by atoms with Crippen molar-refractivity contribution in [3.63, 3.8) is 0 Å². The van der Waals surface area contributed by atoms with E-state index in [9.17, 15) is 0 Å². The van der Waals surface area contributed by atoms with Gasteiger partial charge in [-0.1, -0.05) is 48.6 Å². The summed E-state index contributed by atoms with van der Waals surface area (Å²) < 4.78 is 0. The lowest BCUT2D eigenvalue weighted by atomic mass is 10.0. The van der Waals surface area contributed by atoms with E-state index < -0.39 is 0 Å². The van der Waals surface area contributed by atoms with Gasteiger partial charge in [-0.3, -0.25) is 0 Å². The molecule has 0 saturated heterocycles. The Hall–Kier alpha value is -1.30. The molecule has 0 aromatic rings. The highest BCUT2D eigenvalue weighted by Crippen LogP contribution is 2.25. The van der Waals surface area contributed by atoms with Gasteiger partial charge in [0.25, 0.3) is 0 Å². The Morgan fingerprint density at radius 3 is 2.62 bits per heavy atom. The van der Waals surface area contributed by atoms with Crippen molar-refractivity contribution in [1.29, 1.82) is 0 Å². The van der Waals surface area contributed by atoms with Crippen molar-refractivity contribution >= 4 is 0 Å². The Balaban J connectivity index is 2.21. The second-order valence-corrected chi connectivity index (χ2v) is 3.37. The summed E-state index contributed by atoms with van der Waals surface area (Å²) in [5.41, 5.74) is 2.88. The lowest BCUT2D eigenvalue weighted by molar-refractivity contribution is 0.912. The fraction of sp³-hybridized carbons (Fsp3) is 0.231. The molecule has 0 radical (unpaired) electrons. The zero-order valence-corrected chi connectivity index (χ0v) is 7.74. The molecule has 0 aromatic heterocycles. The second-order valence-electron chi connectivity index (χ2n) is 3.37. The molecule has 0 spiro atoms. The van der Waals surface area contributed by atoms with Crippen molar-refractivity contribution in [2.75, 3.05) is 0 Å². The molecular formula is C13H14. The van der Waals surface area contributed by atoms with Crippen LogP contribution in [0, 0.1) is 0 Å². The molecule has 0 heterocycles. The molecule has 0 saturated carbocycles. The van der Waals surface area contributed by atoms with Gasteiger partial charge in [0.15, 0.2) is 0 Å². The van der Waals surface area contributed by atoms with Crippen LogP contribution in [0.25, 0.3) is 0 Å². The molecule has 0 aromatic carbocycles. The molecule has 0 atom stereocenters. The van der Waals surface area contributed by atoms with Crippen LogP contribution in [0.15, 0.2) is 59.8 Å². The first-order valence-electron chi connectivity index (χ1n) is 4.88. The largest absolute Gasteiger partial charge is 0.0807 e. The fourth-order valence-electron chi connectivity index (χ4n) is 1.71. The molecule has 0 heteroatoms. The summed E-state index contributed by atoms with van der Waals surface area (Å²) in [7, 11) is 0. The minimum atomic E-state index is 1.24. The molecule has 2 aliphatic rings. The van der Waals surface area contributed by atoms with Gasteiger partial charge in [-0.25, -0.2) is 0 Å². The van der Waals surface area contributed by atoms with Crippen molar-refractivity contribution in [1.82, 2.24) is 0 Å². The molecule has 0 amide bonds. The summed E-state index contributed by atoms with van der Waals surface area (Å²) in [6.45, 7) is 0. The lowest BCUT2D eigenvalue weighted by Crippen LogP contribution is -1.82. The maximum Gasteiger partial charge on any atom is -0.0228 e. The van der Waals surface area contributed by atoms with E-state index in [1.165, 1.54) is 30.4 Å². The third-order valence-electron chi connectivity index (χ3n) is 2.41. The van der Waals surface area contributed by atoms with Gasteiger partial charge in [-0.2, -0.15) is 0 Å². The number of hydrogen-bond acceptors (Lipinski definition) is 0. The van der Waals surface area contributed by atoms with Gasteiger partial charge in [0, 0.05) is 0 Å². The minimum Gasteiger partial charge on any atom is -0.0807 e. The van der Waals surface area contributed by atoms with Gasteiger partial charge in [0.2, 0.25) is 0 Å². The van der Waals surface area contributed by atoms with Crippen LogP contribution in [0.5, 0.6) is 0 Å². The zero-order chi connectivity index (χ0) is 8.93. The van der Waals surface area contributed by atoms with E-state index in [1.807, 2.05) is 6.08 Å². The van der Waals surface area contributed by atoms with Gasteiger partial charge in [0.05, 0.1) is 0 Å². The molecule has 2 rings (SSSR count). The molecule has 0 bridgehead atoms. The maximum atomic E-state index is 2.36. The van der Waals surface area contributed by atoms with Crippen molar-refractivity contribution in [2.24, 2.45) is 0 Å². The summed E-state index contributed by atoms with van der Waals surface area (Å²) in [5, 5.41) is 0. The molecule has 0 fully saturated rings. The maximum absolute atomic E-state index is 2.36. The van der Waals surface area contributed by atoms with Crippen molar-refractivity contribution in [3.8, 4) is 0 Å². The van der Waals surface area contributed by atoms with E-state index in [0.717, 1.165) is 0 Å². The standard InChI is InChI=1S/C13H14/c1-2-4-8-12(9-5-3-1)13-10-6-7-11-13/h1-5,8-10H,6-7,11H2. The van der Waals surface area contributed by atoms with Gasteiger partial charge in [-0.15, -0.1) is 0 Å². The second kappa shape index (κ2) is 4.08. The summed E-state index contributed by atoms with van der Waals surface area (Å²) in [6, 6.07) is 0. The van der Waals surface area contributed by atoms with E-state index in [4.69, 9.17) is 0 Å². The van der Waals surface area contributed by atoms with E-state index >= 15 is 0 Å². The zero-order valence-electron chi connectivity index (χ0n) is 7.74. The predicted molar refractivity (Wildman–Crippen MR) is 57.4 cm³/mol. The van der Waals surface area contributed by atoms with Crippen LogP contribution in [0.2, 0.25) is 0 Å². The van der Waals surface area contributed by atoms with Crippen LogP contribution >= 0.6 is 0 Å². The summed E-state index contributed by atoms with van der Waals surface area (Å²) in [4.78, 5) is 0. The topological polar surface area (TPSA) is 0 Å². The number of rotatable bonds is 1. The van der Waals surface area contributed by atoms with Crippen LogP contribution < -0.4 is 0 Å². The Kier molecular flexibility index (Phi) is 2.61. The Labute approximate surface area is 79.7 Å². The molecule has 0 N–H and O–H groups in total. The first-order chi connectivity index (χ1) is 6.47. The van der Waals surface area contributed by atoms with Crippen molar-refractivity contribution in [3.05, 3.63) is 59.8 Å². The molecule has 0 aliphatic heterocycles. The lowest BCUT2D eigenvalue weighted by Gasteiger charge is -2.02. The van der Waals surface area contributed by atoms with Crippen LogP contribution in [0.3, 0.4) is 0 Å². The summed E-state index contributed by atoms with van der Waals surface area (Å²) in [5.74, 6) is 0. The van der Waals surface area contributed by atoms with Crippen molar-refractivity contribution < 1.29 is 0 Å². The Morgan fingerprint density at radius 2 is 1.77 bits per heavy atom. The highest BCUT2D eigenvalue weighted by atomic mass is 14.1. The SMILES string of the molecule is C1=CC=CC(C2=CCCC2)=CC=C1. The van der Waals surface area contributed by atoms with Crippen LogP contribution in [0.4, 0.5) is 0 Å². The van der Waals surface area contributed by atoms with Crippen molar-refractivity contribution in [2.45, 2.75) is 19.3 Å². The molecule has 13 heavy (non-hydrogen) atoms. The van der Waals surface area contributed by atoms with Gasteiger partial charge >= 0.3 is 0 Å². The Bertz CT molecular complexity index is 322. The minimum absolute atomic E-state index is 1.24. The summed E-state index contributed by atoms with van der Waals surface area (Å²) in [6.07, 6.45) is 20.9. The first-order valence-corrected chi connectivity index (χ1v) is 4.88. The van der Waals surface area contributed by atoms with E-state index in [0.29, 0.717) is 0 Å². The highest BCUT2D eigenvalue weighted by molar-refractivity contribution is 5.45. The average molecular weight is 170 g/mol. The van der Waals surface area contributed by atoms with Crippen LogP contribution in [0.1, 0.15) is 19.3 Å². The van der Waals surface area contributed by atoms with Gasteiger partial charge in [0.1, 0.15) is 0 Å². The molecular weight excluding hydrogens is 156 g/mol. The predicted octanol–water partition coefficient (Wildman–Crippen LogP) is 3.71. The number of hydrogen-bond donors (Lipinski definition) is 0. The van der Waals surface area contributed by atoms with Gasteiger partial charge < -0.3 is 0 Å². The monoisotopic (exact) mass is 170 g/mol. The van der Waals surface area contributed by atoms with E-state index in [2.05, 4.69) is 42.5 Å². The molecule has 66 valence electrons. The van der Waals surface area contributed by atoms with Crippen LogP contribution in [-0.4, -0.2) is 0 Å². The number of allylic oxidation sites excluding steroid dienone is 10. The molecule has 0 nitrogen and oxygen atoms in total.